The second-order valence-electron chi connectivity index (χ2n) is 10.0. The third kappa shape index (κ3) is 2.98. The molecule has 2 aliphatic carbocycles. The zero-order valence-electron chi connectivity index (χ0n) is 20.3. The van der Waals surface area contributed by atoms with Crippen LogP contribution < -0.4 is 0 Å². The Morgan fingerprint density at radius 2 is 1.30 bits per heavy atom. The fourth-order valence-electron chi connectivity index (χ4n) is 6.51. The molecule has 1 aromatic heterocycles. The first kappa shape index (κ1) is 20.6. The normalized spacial score (nSPS) is 18.5. The quantitative estimate of drug-likeness (QED) is 0.245. The summed E-state index contributed by atoms with van der Waals surface area (Å²) < 4.78 is 6.78. The van der Waals surface area contributed by atoms with E-state index in [0.717, 1.165) is 22.1 Å². The van der Waals surface area contributed by atoms with Gasteiger partial charge in [0.1, 0.15) is 11.2 Å². The molecule has 1 nitrogen and oxygen atoms in total. The first-order valence-corrected chi connectivity index (χ1v) is 12.9. The minimum Gasteiger partial charge on any atom is -0.455 e. The Labute approximate surface area is 215 Å². The van der Waals surface area contributed by atoms with Crippen molar-refractivity contribution in [1.82, 2.24) is 0 Å². The first-order chi connectivity index (χ1) is 18.4. The Bertz CT molecular complexity index is 1930. The monoisotopic (exact) mass is 472 g/mol. The zero-order chi connectivity index (χ0) is 24.3. The number of furan rings is 1. The third-order valence-corrected chi connectivity index (χ3v) is 8.09. The number of para-hydroxylation sites is 1. The molecule has 1 heteroatoms. The van der Waals surface area contributed by atoms with Crippen LogP contribution in [0.25, 0.3) is 38.3 Å². The van der Waals surface area contributed by atoms with E-state index in [-0.39, 0.29) is 11.8 Å². The maximum absolute atomic E-state index is 6.78. The number of fused-ring (bicyclic) bond motifs is 7. The van der Waals surface area contributed by atoms with E-state index in [4.69, 9.17) is 4.42 Å². The second-order valence-corrected chi connectivity index (χ2v) is 10.0. The molecule has 0 saturated carbocycles. The van der Waals surface area contributed by atoms with Gasteiger partial charge in [-0.15, -0.1) is 0 Å². The lowest BCUT2D eigenvalue weighted by atomic mass is 9.66. The molecular weight excluding hydrogens is 448 g/mol. The van der Waals surface area contributed by atoms with Crippen molar-refractivity contribution in [1.29, 1.82) is 0 Å². The van der Waals surface area contributed by atoms with Gasteiger partial charge in [-0.1, -0.05) is 127 Å². The average Bonchev–Trinajstić information content (AvgIpc) is 3.36. The Morgan fingerprint density at radius 3 is 2.24 bits per heavy atom. The van der Waals surface area contributed by atoms with Crippen molar-refractivity contribution in [2.75, 3.05) is 0 Å². The Balaban J connectivity index is 1.45. The van der Waals surface area contributed by atoms with Gasteiger partial charge in [0.05, 0.1) is 0 Å². The van der Waals surface area contributed by atoms with E-state index in [1.54, 1.807) is 0 Å². The third-order valence-electron chi connectivity index (χ3n) is 8.09. The summed E-state index contributed by atoms with van der Waals surface area (Å²) in [5.74, 6) is 0.536. The molecule has 6 aromatic rings. The Hall–Kier alpha value is -4.62. The van der Waals surface area contributed by atoms with Gasteiger partial charge in [-0.3, -0.25) is 0 Å². The molecule has 37 heavy (non-hydrogen) atoms. The molecule has 0 aliphatic heterocycles. The highest BCUT2D eigenvalue weighted by atomic mass is 16.3. The minimum absolute atomic E-state index is 0.262. The van der Waals surface area contributed by atoms with Crippen molar-refractivity contribution in [3.63, 3.8) is 0 Å². The van der Waals surface area contributed by atoms with Crippen LogP contribution in [0.4, 0.5) is 0 Å². The van der Waals surface area contributed by atoms with Gasteiger partial charge in [0.2, 0.25) is 0 Å². The summed E-state index contributed by atoms with van der Waals surface area (Å²) >= 11 is 0. The summed E-state index contributed by atoms with van der Waals surface area (Å²) in [4.78, 5) is 0. The lowest BCUT2D eigenvalue weighted by molar-refractivity contribution is 0.647. The maximum atomic E-state index is 6.78. The minimum atomic E-state index is 0.262. The van der Waals surface area contributed by atoms with Crippen LogP contribution in [0.1, 0.15) is 28.2 Å². The summed E-state index contributed by atoms with van der Waals surface area (Å²) in [6, 6.07) is 39.4. The fourth-order valence-corrected chi connectivity index (χ4v) is 6.51. The van der Waals surface area contributed by atoms with E-state index in [1.165, 1.54) is 44.0 Å². The molecule has 1 heterocycles. The first-order valence-electron chi connectivity index (χ1n) is 12.9. The van der Waals surface area contributed by atoms with Gasteiger partial charge < -0.3 is 4.42 Å². The molecule has 2 unspecified atom stereocenters. The number of allylic oxidation sites excluding steroid dienone is 5. The van der Waals surface area contributed by atoms with Crippen LogP contribution in [0.3, 0.4) is 0 Å². The van der Waals surface area contributed by atoms with Crippen molar-refractivity contribution >= 4 is 38.3 Å². The summed E-state index contributed by atoms with van der Waals surface area (Å²) in [7, 11) is 0. The highest BCUT2D eigenvalue weighted by molar-refractivity contribution is 6.17. The van der Waals surface area contributed by atoms with E-state index >= 15 is 0 Å². The van der Waals surface area contributed by atoms with Crippen LogP contribution in [0.15, 0.2) is 143 Å². The van der Waals surface area contributed by atoms with Crippen LogP contribution in [-0.4, -0.2) is 0 Å². The van der Waals surface area contributed by atoms with Gasteiger partial charge in [0.25, 0.3) is 0 Å². The molecule has 0 amide bonds. The topological polar surface area (TPSA) is 13.1 Å². The Morgan fingerprint density at radius 1 is 0.541 bits per heavy atom. The van der Waals surface area contributed by atoms with Crippen molar-refractivity contribution in [2.45, 2.75) is 5.92 Å². The molecule has 2 aliphatic rings. The van der Waals surface area contributed by atoms with Gasteiger partial charge in [0.15, 0.2) is 0 Å². The summed E-state index contributed by atoms with van der Waals surface area (Å²) in [6.45, 7) is 0. The number of benzene rings is 5. The molecule has 0 spiro atoms. The number of hydrogen-bond donors (Lipinski definition) is 0. The predicted molar refractivity (Wildman–Crippen MR) is 154 cm³/mol. The molecule has 174 valence electrons. The van der Waals surface area contributed by atoms with Crippen molar-refractivity contribution in [3.8, 4) is 0 Å². The van der Waals surface area contributed by atoms with Crippen molar-refractivity contribution in [3.05, 3.63) is 161 Å². The fraction of sp³-hybridized carbons (Fsp3) is 0.0556. The van der Waals surface area contributed by atoms with E-state index in [0.29, 0.717) is 0 Å². The van der Waals surface area contributed by atoms with E-state index < -0.39 is 0 Å². The highest BCUT2D eigenvalue weighted by Crippen LogP contribution is 2.51. The van der Waals surface area contributed by atoms with Crippen molar-refractivity contribution in [2.24, 2.45) is 5.92 Å². The van der Waals surface area contributed by atoms with E-state index in [9.17, 15) is 0 Å². The lowest BCUT2D eigenvalue weighted by Crippen LogP contribution is -2.22. The predicted octanol–water partition coefficient (Wildman–Crippen LogP) is 9.43. The lowest BCUT2D eigenvalue weighted by Gasteiger charge is -2.36. The van der Waals surface area contributed by atoms with E-state index in [2.05, 4.69) is 133 Å². The van der Waals surface area contributed by atoms with Crippen LogP contribution in [-0.2, 0) is 0 Å². The smallest absolute Gasteiger partial charge is 0.143 e. The molecule has 2 atom stereocenters. The van der Waals surface area contributed by atoms with Gasteiger partial charge in [-0.05, 0) is 39.3 Å². The Kier molecular flexibility index (Phi) is 4.41. The SMILES string of the molecule is C1=CC2=C(c3cccc4c3oc3c5ccccc5ccc43)c3ccccc3C(c3ccccc3)C2C=C1. The molecule has 8 rings (SSSR count). The number of hydrogen-bond acceptors (Lipinski definition) is 1. The van der Waals surface area contributed by atoms with Gasteiger partial charge >= 0.3 is 0 Å². The van der Waals surface area contributed by atoms with Crippen LogP contribution >= 0.6 is 0 Å². The molecule has 0 bridgehead atoms. The summed E-state index contributed by atoms with van der Waals surface area (Å²) in [5.41, 5.74) is 9.74. The molecule has 0 saturated heterocycles. The highest BCUT2D eigenvalue weighted by Gasteiger charge is 2.36. The van der Waals surface area contributed by atoms with Crippen LogP contribution in [0.2, 0.25) is 0 Å². The molecule has 0 radical (unpaired) electrons. The molecule has 0 fully saturated rings. The summed E-state index contributed by atoms with van der Waals surface area (Å²) in [6.07, 6.45) is 9.05. The number of rotatable bonds is 2. The van der Waals surface area contributed by atoms with Crippen LogP contribution in [0.5, 0.6) is 0 Å². The van der Waals surface area contributed by atoms with E-state index in [1.807, 2.05) is 0 Å². The maximum Gasteiger partial charge on any atom is 0.143 e. The van der Waals surface area contributed by atoms with Crippen LogP contribution in [0, 0.1) is 5.92 Å². The average molecular weight is 473 g/mol. The zero-order valence-corrected chi connectivity index (χ0v) is 20.3. The largest absolute Gasteiger partial charge is 0.455 e. The van der Waals surface area contributed by atoms with Gasteiger partial charge in [0, 0.05) is 33.6 Å². The standard InChI is InChI=1S/C36H24O/c1-2-12-24(13-3-1)33-26-15-6-8-17-28(26)34(29-18-9-7-16-27(29)33)32-20-10-19-30-31-22-21-23-11-4-5-14-25(23)35(31)37-36(30)32/h1-22,26,33H. The summed E-state index contributed by atoms with van der Waals surface area (Å²) in [5, 5.41) is 4.70. The second kappa shape index (κ2) is 7.94. The molecular formula is C36H24O. The van der Waals surface area contributed by atoms with Gasteiger partial charge in [-0.25, -0.2) is 0 Å². The van der Waals surface area contributed by atoms with Crippen molar-refractivity contribution < 1.29 is 4.42 Å². The molecule has 0 N–H and O–H groups in total. The van der Waals surface area contributed by atoms with Gasteiger partial charge in [-0.2, -0.15) is 0 Å². The molecule has 5 aromatic carbocycles.